The second kappa shape index (κ2) is 11.0. The zero-order chi connectivity index (χ0) is 30.3. The minimum Gasteiger partial charge on any atom is -0.459 e. The average Bonchev–Trinajstić information content (AvgIpc) is 3.61. The maximum atomic E-state index is 14.7. The summed E-state index contributed by atoms with van der Waals surface area (Å²) in [5.41, 5.74) is 7.96. The number of aromatic nitrogens is 3. The van der Waals surface area contributed by atoms with Crippen molar-refractivity contribution < 1.29 is 13.5 Å². The minimum atomic E-state index is -0.716. The lowest BCUT2D eigenvalue weighted by molar-refractivity contribution is 0.0468. The summed E-state index contributed by atoms with van der Waals surface area (Å²) in [6, 6.07) is 6.34. The number of hydrogen-bond donors (Lipinski definition) is 2. The van der Waals surface area contributed by atoms with Crippen LogP contribution in [0, 0.1) is 5.82 Å². The highest BCUT2D eigenvalue weighted by Crippen LogP contribution is 2.46. The van der Waals surface area contributed by atoms with Crippen molar-refractivity contribution in [2.75, 3.05) is 30.3 Å². The number of thiazole rings is 1. The van der Waals surface area contributed by atoms with Gasteiger partial charge in [0.05, 0.1) is 25.8 Å². The number of nitrogens with one attached hydrogen (secondary N) is 1. The molecule has 4 unspecified atom stereocenters. The number of benzene rings is 2. The molecule has 0 saturated carbocycles. The van der Waals surface area contributed by atoms with Gasteiger partial charge in [0.25, 0.3) is 0 Å². The molecule has 0 amide bonds. The van der Waals surface area contributed by atoms with Crippen LogP contribution < -0.4 is 20.7 Å². The number of nitrogens with zero attached hydrogens (tertiary/aromatic N) is 5. The van der Waals surface area contributed by atoms with Crippen LogP contribution in [0.5, 0.6) is 6.01 Å². The summed E-state index contributed by atoms with van der Waals surface area (Å²) in [6.07, 6.45) is 4.53. The van der Waals surface area contributed by atoms with E-state index in [-0.39, 0.29) is 29.3 Å². The second-order valence-electron chi connectivity index (χ2n) is 12.7. The van der Waals surface area contributed by atoms with Crippen molar-refractivity contribution in [3.63, 3.8) is 0 Å². The second-order valence-corrected chi connectivity index (χ2v) is 14.5. The van der Waals surface area contributed by atoms with Gasteiger partial charge in [-0.25, -0.2) is 13.8 Å². The Kier molecular flexibility index (Phi) is 7.25. The lowest BCUT2D eigenvalue weighted by atomic mass is 10.0. The zero-order valence-corrected chi connectivity index (χ0v) is 26.5. The van der Waals surface area contributed by atoms with Gasteiger partial charge in [0.15, 0.2) is 5.13 Å². The van der Waals surface area contributed by atoms with Crippen molar-refractivity contribution in [3.8, 4) is 17.1 Å². The predicted octanol–water partition coefficient (Wildman–Crippen LogP) is 6.61. The number of rotatable bonds is 6. The Morgan fingerprint density at radius 1 is 1.07 bits per heavy atom. The van der Waals surface area contributed by atoms with Gasteiger partial charge in [0.2, 0.25) is 0 Å². The first-order valence-corrected chi connectivity index (χ1v) is 16.9. The third-order valence-corrected chi connectivity index (χ3v) is 11.3. The molecule has 4 aliphatic rings. The maximum absolute atomic E-state index is 14.7. The standard InChI is InChI=1S/C31H33Cl2F2N7OS/c1-14(11-42-18-4-5-19(42)9-15(34)8-18)43-31-39-26-21(29(40-31)41-12-16-2-3-17(13-41)37-16)10-22(32)24(25(26)33)20-6-7-23(35)28-27(20)38-30(36)44-28/h6-7,10,14-19,37H,2-5,8-9,11-13H2,1H3,(H2,36,38)/t14-,15?,16?,17?,18?,19?/m0/s1. The molecule has 0 radical (unpaired) electrons. The van der Waals surface area contributed by atoms with Crippen molar-refractivity contribution in [2.24, 2.45) is 0 Å². The molecule has 8 nitrogen and oxygen atoms in total. The Morgan fingerprint density at radius 2 is 1.80 bits per heavy atom. The van der Waals surface area contributed by atoms with Gasteiger partial charge < -0.3 is 20.7 Å². The molecule has 3 N–H and O–H groups in total. The lowest BCUT2D eigenvalue weighted by Crippen LogP contribution is -2.51. The Labute approximate surface area is 267 Å². The molecule has 232 valence electrons. The quantitative estimate of drug-likeness (QED) is 0.239. The molecule has 0 spiro atoms. The minimum absolute atomic E-state index is 0.223. The Bertz CT molecular complexity index is 1750. The van der Waals surface area contributed by atoms with Gasteiger partial charge in [-0.2, -0.15) is 9.97 Å². The van der Waals surface area contributed by atoms with Crippen molar-refractivity contribution in [1.82, 2.24) is 25.2 Å². The van der Waals surface area contributed by atoms with Gasteiger partial charge in [-0.15, -0.1) is 0 Å². The zero-order valence-electron chi connectivity index (χ0n) is 24.2. The van der Waals surface area contributed by atoms with Crippen molar-refractivity contribution >= 4 is 66.6 Å². The van der Waals surface area contributed by atoms with Crippen LogP contribution in [-0.2, 0) is 0 Å². The number of piperidine rings is 1. The van der Waals surface area contributed by atoms with Gasteiger partial charge in [-0.05, 0) is 63.6 Å². The van der Waals surface area contributed by atoms with E-state index < -0.39 is 12.0 Å². The first kappa shape index (κ1) is 28.9. The number of piperazine rings is 1. The van der Waals surface area contributed by atoms with Crippen LogP contribution in [0.1, 0.15) is 45.4 Å². The van der Waals surface area contributed by atoms with Crippen molar-refractivity contribution in [2.45, 2.75) is 81.9 Å². The third kappa shape index (κ3) is 4.95. The fourth-order valence-electron chi connectivity index (χ4n) is 7.88. The molecule has 5 atom stereocenters. The molecular weight excluding hydrogens is 627 g/mol. The van der Waals surface area contributed by atoms with Gasteiger partial charge in [0, 0.05) is 60.3 Å². The number of halogens is 4. The highest BCUT2D eigenvalue weighted by molar-refractivity contribution is 7.22. The van der Waals surface area contributed by atoms with Crippen LogP contribution in [-0.4, -0.2) is 75.9 Å². The molecule has 6 heterocycles. The maximum Gasteiger partial charge on any atom is 0.319 e. The monoisotopic (exact) mass is 659 g/mol. The SMILES string of the molecule is C[C@@H](CN1C2CCC1CC(F)C2)Oc1nc(N2CC3CCC(C2)N3)c2cc(Cl)c(-c3ccc(F)c4sc(N)nc34)c(Cl)c2n1. The number of alkyl halides is 1. The largest absolute Gasteiger partial charge is 0.459 e. The van der Waals surface area contributed by atoms with E-state index in [1.54, 1.807) is 6.07 Å². The Morgan fingerprint density at radius 3 is 2.52 bits per heavy atom. The normalized spacial score (nSPS) is 27.5. The molecular formula is C31H33Cl2F2N7OS. The summed E-state index contributed by atoms with van der Waals surface area (Å²) in [6.45, 7) is 4.28. The molecule has 4 aromatic rings. The van der Waals surface area contributed by atoms with E-state index in [0.717, 1.165) is 61.3 Å². The fraction of sp³-hybridized carbons (Fsp3) is 0.516. The summed E-state index contributed by atoms with van der Waals surface area (Å²) in [5, 5.41) is 5.36. The number of hydrogen-bond acceptors (Lipinski definition) is 9. The topological polar surface area (TPSA) is 92.4 Å². The van der Waals surface area contributed by atoms with E-state index in [1.807, 2.05) is 13.0 Å². The molecule has 4 bridgehead atoms. The first-order valence-electron chi connectivity index (χ1n) is 15.3. The fourth-order valence-corrected chi connectivity index (χ4v) is 9.35. The Hall–Kier alpha value is -2.57. The highest BCUT2D eigenvalue weighted by atomic mass is 35.5. The predicted molar refractivity (Wildman–Crippen MR) is 172 cm³/mol. The number of fused-ring (bicyclic) bond motifs is 6. The van der Waals surface area contributed by atoms with Gasteiger partial charge in [0.1, 0.15) is 23.9 Å². The van der Waals surface area contributed by atoms with E-state index in [1.165, 1.54) is 6.07 Å². The Balaban J connectivity index is 1.21. The number of nitrogens with two attached hydrogens (primary N) is 1. The molecule has 8 rings (SSSR count). The van der Waals surface area contributed by atoms with Crippen molar-refractivity contribution in [1.29, 1.82) is 0 Å². The van der Waals surface area contributed by atoms with Gasteiger partial charge in [-0.3, -0.25) is 4.90 Å². The van der Waals surface area contributed by atoms with Crippen molar-refractivity contribution in [3.05, 3.63) is 34.1 Å². The third-order valence-electron chi connectivity index (χ3n) is 9.74. The van der Waals surface area contributed by atoms with E-state index in [0.29, 0.717) is 68.4 Å². The van der Waals surface area contributed by atoms with E-state index in [4.69, 9.17) is 43.6 Å². The molecule has 0 aliphatic carbocycles. The highest BCUT2D eigenvalue weighted by Gasteiger charge is 2.41. The van der Waals surface area contributed by atoms with Crippen LogP contribution in [0.25, 0.3) is 32.2 Å². The molecule has 4 aliphatic heterocycles. The van der Waals surface area contributed by atoms with Gasteiger partial charge >= 0.3 is 6.01 Å². The summed E-state index contributed by atoms with van der Waals surface area (Å²) in [5.74, 6) is 0.323. The van der Waals surface area contributed by atoms with Crippen LogP contribution in [0.4, 0.5) is 19.7 Å². The molecule has 44 heavy (non-hydrogen) atoms. The lowest BCUT2D eigenvalue weighted by Gasteiger charge is -2.37. The van der Waals surface area contributed by atoms with Crippen LogP contribution in [0.2, 0.25) is 10.0 Å². The molecule has 13 heteroatoms. The van der Waals surface area contributed by atoms with Crippen LogP contribution in [0.15, 0.2) is 18.2 Å². The average molecular weight is 661 g/mol. The van der Waals surface area contributed by atoms with Crippen LogP contribution >= 0.6 is 34.5 Å². The van der Waals surface area contributed by atoms with Crippen LogP contribution in [0.3, 0.4) is 0 Å². The smallest absolute Gasteiger partial charge is 0.319 e. The first-order chi connectivity index (χ1) is 21.2. The summed E-state index contributed by atoms with van der Waals surface area (Å²) >= 11 is 15.2. The molecule has 2 aromatic heterocycles. The molecule has 2 aromatic carbocycles. The molecule has 4 saturated heterocycles. The van der Waals surface area contributed by atoms with Gasteiger partial charge in [-0.1, -0.05) is 34.5 Å². The number of nitrogen functional groups attached to an aromatic ring is 1. The summed E-state index contributed by atoms with van der Waals surface area (Å²) in [7, 11) is 0. The molecule has 4 fully saturated rings. The van der Waals surface area contributed by atoms with E-state index >= 15 is 0 Å². The van der Waals surface area contributed by atoms with E-state index in [2.05, 4.69) is 20.1 Å². The summed E-state index contributed by atoms with van der Waals surface area (Å²) < 4.78 is 35.6. The van der Waals surface area contributed by atoms with E-state index in [9.17, 15) is 8.78 Å². The number of ether oxygens (including phenoxy) is 1. The number of anilines is 2. The summed E-state index contributed by atoms with van der Waals surface area (Å²) in [4.78, 5) is 18.9.